The van der Waals surface area contributed by atoms with E-state index in [0.29, 0.717) is 18.0 Å². The van der Waals surface area contributed by atoms with E-state index < -0.39 is 10.0 Å². The molecule has 0 aromatic heterocycles. The van der Waals surface area contributed by atoms with E-state index in [1.54, 1.807) is 11.8 Å². The summed E-state index contributed by atoms with van der Waals surface area (Å²) in [6.45, 7) is 2.26. The predicted octanol–water partition coefficient (Wildman–Crippen LogP) is 2.68. The molecular weight excluding hydrogens is 424 g/mol. The van der Waals surface area contributed by atoms with Crippen LogP contribution in [0.5, 0.6) is 11.5 Å². The van der Waals surface area contributed by atoms with E-state index in [1.165, 1.54) is 50.6 Å². The third-order valence-corrected chi connectivity index (χ3v) is 7.18. The molecule has 0 radical (unpaired) electrons. The monoisotopic (exact) mass is 452 g/mol. The van der Waals surface area contributed by atoms with Crippen molar-refractivity contribution in [2.24, 2.45) is 0 Å². The van der Waals surface area contributed by atoms with Gasteiger partial charge in [0.05, 0.1) is 25.7 Å². The summed E-state index contributed by atoms with van der Waals surface area (Å²) in [4.78, 5) is 12.2. The van der Waals surface area contributed by atoms with Gasteiger partial charge in [0, 0.05) is 31.2 Å². The van der Waals surface area contributed by atoms with Crippen LogP contribution >= 0.6 is 11.8 Å². The number of aryl methyl sites for hydroxylation is 1. The van der Waals surface area contributed by atoms with Crippen LogP contribution in [0.1, 0.15) is 11.1 Å². The zero-order valence-electron chi connectivity index (χ0n) is 17.7. The van der Waals surface area contributed by atoms with Crippen LogP contribution in [0.2, 0.25) is 0 Å². The van der Waals surface area contributed by atoms with Gasteiger partial charge < -0.3 is 14.8 Å². The summed E-state index contributed by atoms with van der Waals surface area (Å²) in [5, 5.41) is 2.77. The Morgan fingerprint density at radius 3 is 2.50 bits per heavy atom. The number of nitrogens with zero attached hydrogens (tertiary/aromatic N) is 1. The molecule has 0 heterocycles. The highest BCUT2D eigenvalue weighted by Gasteiger charge is 2.24. The number of amides is 1. The lowest BCUT2D eigenvalue weighted by Crippen LogP contribution is -2.39. The zero-order valence-corrected chi connectivity index (χ0v) is 19.3. The molecule has 7 nitrogen and oxygen atoms in total. The maximum atomic E-state index is 12.7. The fourth-order valence-corrected chi connectivity index (χ4v) is 4.70. The first kappa shape index (κ1) is 24.0. The van der Waals surface area contributed by atoms with E-state index in [1.807, 2.05) is 6.07 Å². The normalized spacial score (nSPS) is 11.4. The second-order valence-electron chi connectivity index (χ2n) is 6.67. The Balaban J connectivity index is 1.82. The second-order valence-corrected chi connectivity index (χ2v) is 9.82. The number of benzene rings is 2. The van der Waals surface area contributed by atoms with Gasteiger partial charge >= 0.3 is 0 Å². The highest BCUT2D eigenvalue weighted by molar-refractivity contribution is 7.98. The second kappa shape index (κ2) is 11.2. The highest BCUT2D eigenvalue weighted by atomic mass is 32.2. The van der Waals surface area contributed by atoms with Gasteiger partial charge in [0.2, 0.25) is 15.9 Å². The topological polar surface area (TPSA) is 84.9 Å². The fourth-order valence-electron chi connectivity index (χ4n) is 2.75. The number of sulfonamides is 1. The maximum absolute atomic E-state index is 12.7. The number of carbonyl (C=O) groups is 1. The van der Waals surface area contributed by atoms with Gasteiger partial charge in [-0.15, -0.1) is 0 Å². The van der Waals surface area contributed by atoms with Crippen LogP contribution in [0, 0.1) is 6.92 Å². The Bertz CT molecular complexity index is 964. The summed E-state index contributed by atoms with van der Waals surface area (Å²) in [7, 11) is 0.445. The lowest BCUT2D eigenvalue weighted by molar-refractivity contribution is -0.121. The SMILES string of the molecule is COc1ccc(S(=O)(=O)N(C)CC(=O)NCCSCc2cccc(C)c2)cc1OC. The van der Waals surface area contributed by atoms with Gasteiger partial charge in [-0.2, -0.15) is 16.1 Å². The lowest BCUT2D eigenvalue weighted by atomic mass is 10.2. The predicted molar refractivity (Wildman–Crippen MR) is 120 cm³/mol. The van der Waals surface area contributed by atoms with Crippen molar-refractivity contribution in [3.05, 3.63) is 53.6 Å². The van der Waals surface area contributed by atoms with Gasteiger partial charge in [0.15, 0.2) is 11.5 Å². The third-order valence-electron chi connectivity index (χ3n) is 4.35. The smallest absolute Gasteiger partial charge is 0.243 e. The minimum atomic E-state index is -3.84. The van der Waals surface area contributed by atoms with Crippen molar-refractivity contribution in [2.75, 3.05) is 40.1 Å². The van der Waals surface area contributed by atoms with Crippen LogP contribution in [0.15, 0.2) is 47.4 Å². The van der Waals surface area contributed by atoms with Crippen molar-refractivity contribution in [1.82, 2.24) is 9.62 Å². The molecule has 164 valence electrons. The quantitative estimate of drug-likeness (QED) is 0.528. The Morgan fingerprint density at radius 2 is 1.83 bits per heavy atom. The van der Waals surface area contributed by atoms with Crippen molar-refractivity contribution in [2.45, 2.75) is 17.6 Å². The van der Waals surface area contributed by atoms with Gasteiger partial charge in [-0.25, -0.2) is 8.42 Å². The molecule has 0 atom stereocenters. The van der Waals surface area contributed by atoms with Crippen LogP contribution in [0.3, 0.4) is 0 Å². The van der Waals surface area contributed by atoms with Crippen molar-refractivity contribution in [3.8, 4) is 11.5 Å². The number of hydrogen-bond acceptors (Lipinski definition) is 6. The van der Waals surface area contributed by atoms with Crippen molar-refractivity contribution in [3.63, 3.8) is 0 Å². The van der Waals surface area contributed by atoms with E-state index >= 15 is 0 Å². The minimum Gasteiger partial charge on any atom is -0.493 e. The molecule has 0 unspecified atom stereocenters. The Kier molecular flexibility index (Phi) is 9.01. The van der Waals surface area contributed by atoms with E-state index in [9.17, 15) is 13.2 Å². The molecule has 0 saturated carbocycles. The zero-order chi connectivity index (χ0) is 22.1. The number of rotatable bonds is 11. The summed E-state index contributed by atoms with van der Waals surface area (Å²) in [5.74, 6) is 2.00. The molecule has 2 rings (SSSR count). The fraction of sp³-hybridized carbons (Fsp3) is 0.381. The molecule has 0 spiro atoms. The Hall–Kier alpha value is -2.23. The largest absolute Gasteiger partial charge is 0.493 e. The molecule has 0 aliphatic heterocycles. The summed E-state index contributed by atoms with van der Waals surface area (Å²) < 4.78 is 36.8. The first-order valence-corrected chi connectivity index (χ1v) is 12.0. The molecule has 0 saturated heterocycles. The molecule has 0 aliphatic rings. The molecule has 2 aromatic carbocycles. The molecule has 0 bridgehead atoms. The van der Waals surface area contributed by atoms with E-state index in [0.717, 1.165) is 15.8 Å². The van der Waals surface area contributed by atoms with E-state index in [4.69, 9.17) is 9.47 Å². The van der Waals surface area contributed by atoms with Crippen molar-refractivity contribution in [1.29, 1.82) is 0 Å². The van der Waals surface area contributed by atoms with Gasteiger partial charge in [0.1, 0.15) is 0 Å². The van der Waals surface area contributed by atoms with Crippen LogP contribution in [-0.2, 0) is 20.6 Å². The minimum absolute atomic E-state index is 0.0316. The number of carbonyl (C=O) groups excluding carboxylic acids is 1. The highest BCUT2D eigenvalue weighted by Crippen LogP contribution is 2.30. The Morgan fingerprint density at radius 1 is 1.10 bits per heavy atom. The van der Waals surface area contributed by atoms with Gasteiger partial charge in [-0.05, 0) is 24.6 Å². The van der Waals surface area contributed by atoms with Crippen LogP contribution in [0.25, 0.3) is 0 Å². The molecule has 9 heteroatoms. The van der Waals surface area contributed by atoms with Crippen LogP contribution in [0.4, 0.5) is 0 Å². The standard InChI is InChI=1S/C21H28N2O5S2/c1-16-6-5-7-17(12-16)15-29-11-10-22-21(24)14-23(2)30(25,26)18-8-9-19(27-3)20(13-18)28-4/h5-9,12-13H,10-11,14-15H2,1-4H3,(H,22,24). The summed E-state index contributed by atoms with van der Waals surface area (Å²) in [5.41, 5.74) is 2.47. The molecule has 2 aromatic rings. The molecule has 1 N–H and O–H groups in total. The summed E-state index contributed by atoms with van der Waals surface area (Å²) in [6.07, 6.45) is 0. The van der Waals surface area contributed by atoms with Crippen molar-refractivity contribution >= 4 is 27.7 Å². The van der Waals surface area contributed by atoms with Crippen LogP contribution < -0.4 is 14.8 Å². The molecule has 1 amide bonds. The molecule has 30 heavy (non-hydrogen) atoms. The average molecular weight is 453 g/mol. The van der Waals surface area contributed by atoms with Crippen molar-refractivity contribution < 1.29 is 22.7 Å². The van der Waals surface area contributed by atoms with E-state index in [2.05, 4.69) is 30.4 Å². The third kappa shape index (κ3) is 6.65. The number of thioether (sulfide) groups is 1. The van der Waals surface area contributed by atoms with E-state index in [-0.39, 0.29) is 17.3 Å². The number of ether oxygens (including phenoxy) is 2. The lowest BCUT2D eigenvalue weighted by Gasteiger charge is -2.18. The first-order valence-electron chi connectivity index (χ1n) is 9.36. The summed E-state index contributed by atoms with van der Waals surface area (Å²) >= 11 is 1.71. The molecule has 0 aliphatic carbocycles. The number of hydrogen-bond donors (Lipinski definition) is 1. The van der Waals surface area contributed by atoms with Crippen LogP contribution in [-0.4, -0.2) is 58.7 Å². The number of nitrogens with one attached hydrogen (secondary N) is 1. The van der Waals surface area contributed by atoms with Gasteiger partial charge in [-0.3, -0.25) is 4.79 Å². The average Bonchev–Trinajstić information content (AvgIpc) is 2.72. The summed E-state index contributed by atoms with van der Waals surface area (Å²) in [6, 6.07) is 12.6. The molecule has 0 fully saturated rings. The van der Waals surface area contributed by atoms with Gasteiger partial charge in [0.25, 0.3) is 0 Å². The molecular formula is C21H28N2O5S2. The Labute approximate surface area is 182 Å². The number of likely N-dealkylation sites (N-methyl/N-ethyl adjacent to an activating group) is 1. The van der Waals surface area contributed by atoms with Gasteiger partial charge in [-0.1, -0.05) is 29.8 Å². The number of methoxy groups -OCH3 is 2. The first-order chi connectivity index (χ1) is 14.3. The maximum Gasteiger partial charge on any atom is 0.243 e.